The van der Waals surface area contributed by atoms with E-state index in [0.717, 1.165) is 25.2 Å². The fourth-order valence-corrected chi connectivity index (χ4v) is 7.15. The molecule has 5 rings (SSSR count). The molecule has 1 saturated heterocycles. The lowest BCUT2D eigenvalue weighted by Gasteiger charge is -2.34. The summed E-state index contributed by atoms with van der Waals surface area (Å²) < 4.78 is 37.6. The predicted molar refractivity (Wildman–Crippen MR) is 156 cm³/mol. The fraction of sp³-hybridized carbons (Fsp3) is 0.586. The highest BCUT2D eigenvalue weighted by molar-refractivity contribution is 7.90. The number of hydrogen-bond donors (Lipinski definition) is 1. The smallest absolute Gasteiger partial charge is 0.268 e. The van der Waals surface area contributed by atoms with Crippen molar-refractivity contribution in [2.45, 2.75) is 77.2 Å². The number of ether oxygens (including phenoxy) is 1. The quantitative estimate of drug-likeness (QED) is 0.355. The normalized spacial score (nSPS) is 19.4. The van der Waals surface area contributed by atoms with Crippen molar-refractivity contribution in [3.8, 4) is 11.7 Å². The molecular formula is C29H41N7O4S. The highest BCUT2D eigenvalue weighted by Gasteiger charge is 2.39. The summed E-state index contributed by atoms with van der Waals surface area (Å²) in [6, 6.07) is 5.11. The van der Waals surface area contributed by atoms with Crippen LogP contribution in [0.15, 0.2) is 35.5 Å². The van der Waals surface area contributed by atoms with Crippen LogP contribution < -0.4 is 14.4 Å². The Morgan fingerprint density at radius 1 is 1.24 bits per heavy atom. The van der Waals surface area contributed by atoms with E-state index in [1.54, 1.807) is 37.0 Å². The molecule has 4 heterocycles. The van der Waals surface area contributed by atoms with Gasteiger partial charge in [-0.2, -0.15) is 5.10 Å². The van der Waals surface area contributed by atoms with Gasteiger partial charge in [0.25, 0.3) is 15.9 Å². The highest BCUT2D eigenvalue weighted by atomic mass is 32.2. The zero-order valence-corrected chi connectivity index (χ0v) is 25.6. The van der Waals surface area contributed by atoms with Crippen molar-refractivity contribution in [1.29, 1.82) is 0 Å². The number of rotatable bonds is 11. The second kappa shape index (κ2) is 11.1. The molecule has 1 aliphatic carbocycles. The molecule has 0 spiro atoms. The van der Waals surface area contributed by atoms with Crippen LogP contribution in [0.1, 0.15) is 75.9 Å². The van der Waals surface area contributed by atoms with Gasteiger partial charge in [0.15, 0.2) is 5.82 Å². The van der Waals surface area contributed by atoms with Crippen molar-refractivity contribution in [2.24, 2.45) is 24.8 Å². The van der Waals surface area contributed by atoms with Crippen LogP contribution in [0.4, 0.5) is 5.82 Å². The third-order valence-corrected chi connectivity index (χ3v) is 9.77. The maximum Gasteiger partial charge on any atom is 0.268 e. The minimum Gasteiger partial charge on any atom is -0.476 e. The zero-order valence-electron chi connectivity index (χ0n) is 24.8. The number of aromatic nitrogens is 5. The summed E-state index contributed by atoms with van der Waals surface area (Å²) in [5.41, 5.74) is 0.328. The Labute approximate surface area is 242 Å². The molecule has 41 heavy (non-hydrogen) atoms. The summed E-state index contributed by atoms with van der Waals surface area (Å²) in [6.07, 6.45) is 8.80. The van der Waals surface area contributed by atoms with E-state index in [4.69, 9.17) is 9.72 Å². The number of sulfonamides is 1. The predicted octanol–water partition coefficient (Wildman–Crippen LogP) is 4.26. The van der Waals surface area contributed by atoms with E-state index in [9.17, 15) is 13.2 Å². The maximum atomic E-state index is 13.5. The van der Waals surface area contributed by atoms with E-state index >= 15 is 0 Å². The number of carbonyl (C=O) groups is 1. The van der Waals surface area contributed by atoms with Crippen molar-refractivity contribution in [3.05, 3.63) is 41.9 Å². The molecule has 3 aromatic heterocycles. The molecular weight excluding hydrogens is 542 g/mol. The molecule has 1 saturated carbocycles. The molecule has 12 heteroatoms. The average molecular weight is 584 g/mol. The standard InChI is InChI=1S/C29H41N7O4S/c1-7-8-22(21-9-10-21)18-40-26-13-14-36(32-26)25-12-11-23(27(31-25)35-17-19(2)15-29(35,4)5)28(37)33-41(38,39)24-16-30-34(6)20(24)3/h11-14,16,19,21-22H,7-10,15,17-18H2,1-6H3,(H,33,37)/t19-,22?/m0/s1. The summed E-state index contributed by atoms with van der Waals surface area (Å²) in [5, 5.41) is 8.61. The SMILES string of the molecule is CCCC(COc1ccn(-c2ccc(C(=O)NS(=O)(=O)c3cnn(C)c3C)c(N3C[C@@H](C)CC3(C)C)n2)n1)C1CC1. The number of nitrogens with one attached hydrogen (secondary N) is 1. The van der Waals surface area contributed by atoms with Gasteiger partial charge in [-0.3, -0.25) is 9.48 Å². The molecule has 1 amide bonds. The topological polar surface area (TPSA) is 124 Å². The van der Waals surface area contributed by atoms with Gasteiger partial charge in [-0.1, -0.05) is 20.3 Å². The van der Waals surface area contributed by atoms with Crippen LogP contribution in [-0.2, 0) is 17.1 Å². The molecule has 11 nitrogen and oxygen atoms in total. The third-order valence-electron chi connectivity index (χ3n) is 8.33. The monoisotopic (exact) mass is 583 g/mol. The van der Waals surface area contributed by atoms with Crippen molar-refractivity contribution < 1.29 is 17.9 Å². The molecule has 0 bridgehead atoms. The van der Waals surface area contributed by atoms with Crippen LogP contribution in [0.25, 0.3) is 5.82 Å². The minimum absolute atomic E-state index is 0.0402. The molecule has 2 aliphatic rings. The summed E-state index contributed by atoms with van der Waals surface area (Å²) >= 11 is 0. The van der Waals surface area contributed by atoms with Crippen molar-refractivity contribution >= 4 is 21.7 Å². The number of hydrogen-bond acceptors (Lipinski definition) is 8. The van der Waals surface area contributed by atoms with Crippen LogP contribution in [-0.4, -0.2) is 57.6 Å². The van der Waals surface area contributed by atoms with Gasteiger partial charge in [-0.25, -0.2) is 22.8 Å². The van der Waals surface area contributed by atoms with Gasteiger partial charge < -0.3 is 9.64 Å². The highest BCUT2D eigenvalue weighted by Crippen LogP contribution is 2.40. The van der Waals surface area contributed by atoms with E-state index in [2.05, 4.69) is 47.5 Å². The molecule has 0 aromatic carbocycles. The first kappa shape index (κ1) is 29.1. The van der Waals surface area contributed by atoms with Gasteiger partial charge in [-0.05, 0) is 76.3 Å². The Kier molecular flexibility index (Phi) is 7.88. The van der Waals surface area contributed by atoms with E-state index < -0.39 is 15.9 Å². The van der Waals surface area contributed by atoms with Gasteiger partial charge in [0.05, 0.1) is 24.1 Å². The molecule has 222 valence electrons. The van der Waals surface area contributed by atoms with Crippen LogP contribution in [0.5, 0.6) is 5.88 Å². The summed E-state index contributed by atoms with van der Waals surface area (Å²) in [4.78, 5) is 20.4. The van der Waals surface area contributed by atoms with Crippen LogP contribution >= 0.6 is 0 Å². The molecule has 0 radical (unpaired) electrons. The number of anilines is 1. The molecule has 2 fully saturated rings. The Hall–Kier alpha value is -3.41. The Morgan fingerprint density at radius 2 is 2.00 bits per heavy atom. The van der Waals surface area contributed by atoms with Crippen molar-refractivity contribution in [3.63, 3.8) is 0 Å². The average Bonchev–Trinajstić information content (AvgIpc) is 3.44. The lowest BCUT2D eigenvalue weighted by atomic mass is 9.97. The summed E-state index contributed by atoms with van der Waals surface area (Å²) in [6.45, 7) is 11.5. The van der Waals surface area contributed by atoms with Crippen LogP contribution in [0, 0.1) is 24.7 Å². The lowest BCUT2D eigenvalue weighted by Crippen LogP contribution is -2.41. The fourth-order valence-electron chi connectivity index (χ4n) is 5.98. The van der Waals surface area contributed by atoms with Crippen LogP contribution in [0.2, 0.25) is 0 Å². The second-order valence-electron chi connectivity index (χ2n) is 12.2. The second-order valence-corrected chi connectivity index (χ2v) is 13.9. The summed E-state index contributed by atoms with van der Waals surface area (Å²) in [5.74, 6) is 2.41. The zero-order chi connectivity index (χ0) is 29.5. The van der Waals surface area contributed by atoms with E-state index in [-0.39, 0.29) is 16.0 Å². The number of amides is 1. The minimum atomic E-state index is -4.14. The van der Waals surface area contributed by atoms with Crippen LogP contribution in [0.3, 0.4) is 0 Å². The Morgan fingerprint density at radius 3 is 2.61 bits per heavy atom. The van der Waals surface area contributed by atoms with Gasteiger partial charge in [0, 0.05) is 31.4 Å². The Bertz CT molecular complexity index is 1520. The van der Waals surface area contributed by atoms with E-state index in [1.165, 1.54) is 23.7 Å². The van der Waals surface area contributed by atoms with Gasteiger partial charge in [-0.15, -0.1) is 5.10 Å². The van der Waals surface area contributed by atoms with Crippen molar-refractivity contribution in [2.75, 3.05) is 18.1 Å². The number of carbonyl (C=O) groups excluding carboxylic acids is 1. The first-order valence-corrected chi connectivity index (χ1v) is 15.9. The summed E-state index contributed by atoms with van der Waals surface area (Å²) in [7, 11) is -2.49. The first-order chi connectivity index (χ1) is 19.4. The van der Waals surface area contributed by atoms with Gasteiger partial charge in [0.2, 0.25) is 5.88 Å². The van der Waals surface area contributed by atoms with Gasteiger partial charge in [0.1, 0.15) is 10.7 Å². The maximum absolute atomic E-state index is 13.5. The number of aryl methyl sites for hydroxylation is 1. The van der Waals surface area contributed by atoms with E-state index in [1.807, 2.05) is 6.07 Å². The van der Waals surface area contributed by atoms with Crippen molar-refractivity contribution in [1.82, 2.24) is 29.3 Å². The number of pyridine rings is 1. The lowest BCUT2D eigenvalue weighted by molar-refractivity contribution is 0.0981. The number of nitrogens with zero attached hydrogens (tertiary/aromatic N) is 6. The Balaban J connectivity index is 1.43. The van der Waals surface area contributed by atoms with E-state index in [0.29, 0.717) is 48.2 Å². The molecule has 3 aromatic rings. The molecule has 1 aliphatic heterocycles. The first-order valence-electron chi connectivity index (χ1n) is 14.4. The third kappa shape index (κ3) is 6.12. The molecule has 2 atom stereocenters. The molecule has 1 N–H and O–H groups in total. The molecule has 1 unspecified atom stereocenters. The largest absolute Gasteiger partial charge is 0.476 e. The van der Waals surface area contributed by atoms with Gasteiger partial charge >= 0.3 is 0 Å².